The van der Waals surface area contributed by atoms with Crippen LogP contribution in [0.5, 0.6) is 5.75 Å². The van der Waals surface area contributed by atoms with Gasteiger partial charge >= 0.3 is 0 Å². The Labute approximate surface area is 167 Å². The number of ether oxygens (including phenoxy) is 1. The predicted octanol–water partition coefficient (Wildman–Crippen LogP) is 4.93. The number of aromatic nitrogens is 1. The molecule has 1 heterocycles. The van der Waals surface area contributed by atoms with Crippen LogP contribution in [0.15, 0.2) is 42.6 Å². The summed E-state index contributed by atoms with van der Waals surface area (Å²) in [5, 5.41) is 2.97. The van der Waals surface area contributed by atoms with Gasteiger partial charge in [0, 0.05) is 0 Å². The first-order valence-corrected chi connectivity index (χ1v) is 9.80. The van der Waals surface area contributed by atoms with Gasteiger partial charge in [0.05, 0.1) is 24.4 Å². The smallest absolute Gasteiger partial charge is 0.224 e. The number of nitrogens with one attached hydrogen (secondary N) is 1. The van der Waals surface area contributed by atoms with Crippen LogP contribution in [0.4, 0.5) is 4.39 Å². The number of hydrogen-bond donors (Lipinski definition) is 1. The highest BCUT2D eigenvalue weighted by Gasteiger charge is 2.15. The van der Waals surface area contributed by atoms with Gasteiger partial charge in [-0.05, 0) is 42.0 Å². The van der Waals surface area contributed by atoms with Crippen molar-refractivity contribution in [1.82, 2.24) is 10.3 Å². The second kappa shape index (κ2) is 9.67. The molecule has 1 aromatic heterocycles. The van der Waals surface area contributed by atoms with Crippen LogP contribution in [0.3, 0.4) is 0 Å². The Morgan fingerprint density at radius 2 is 1.86 bits per heavy atom. The summed E-state index contributed by atoms with van der Waals surface area (Å²) < 4.78 is 18.3. The summed E-state index contributed by atoms with van der Waals surface area (Å²) in [6.45, 7) is 9.74. The minimum Gasteiger partial charge on any atom is -0.486 e. The normalized spacial score (nSPS) is 13.6. The van der Waals surface area contributed by atoms with Crippen molar-refractivity contribution in [3.05, 3.63) is 59.4 Å². The van der Waals surface area contributed by atoms with E-state index in [-0.39, 0.29) is 17.4 Å². The van der Waals surface area contributed by atoms with Crippen molar-refractivity contribution in [1.29, 1.82) is 0 Å². The number of halogens is 1. The first-order chi connectivity index (χ1) is 13.2. The maximum absolute atomic E-state index is 12.8. The van der Waals surface area contributed by atoms with E-state index in [1.54, 1.807) is 18.3 Å². The number of carbonyl (C=O) groups excluding carboxylic acids is 1. The molecule has 5 heteroatoms. The molecule has 152 valence electrons. The third-order valence-corrected chi connectivity index (χ3v) is 4.70. The minimum atomic E-state index is -0.526. The zero-order valence-electron chi connectivity index (χ0n) is 17.5. The number of benzene rings is 1. The molecule has 1 aromatic carbocycles. The zero-order valence-corrected chi connectivity index (χ0v) is 17.5. The van der Waals surface area contributed by atoms with E-state index >= 15 is 0 Å². The van der Waals surface area contributed by atoms with Gasteiger partial charge in [-0.3, -0.25) is 9.78 Å². The molecule has 1 amide bonds. The number of carbonyl (C=O) groups is 1. The van der Waals surface area contributed by atoms with Gasteiger partial charge in [-0.25, -0.2) is 4.39 Å². The first kappa shape index (κ1) is 21.9. The standard InChI is InChI=1S/C23H31FN2O2/c1-6-19(14-24)28-20-11-12-21(25-15-20)16(2)26-22(27)13-17-7-9-18(10-8-17)23(3,4)5/h7-12,15-16,19H,6,13-14H2,1-5H3,(H,26,27). The maximum atomic E-state index is 12.8. The van der Waals surface area contributed by atoms with Crippen molar-refractivity contribution in [3.8, 4) is 5.75 Å². The Kier molecular flexibility index (Phi) is 7.55. The van der Waals surface area contributed by atoms with Gasteiger partial charge in [0.1, 0.15) is 18.5 Å². The summed E-state index contributed by atoms with van der Waals surface area (Å²) in [6, 6.07) is 11.5. The largest absolute Gasteiger partial charge is 0.486 e. The van der Waals surface area contributed by atoms with Crippen molar-refractivity contribution >= 4 is 5.91 Å². The van der Waals surface area contributed by atoms with Gasteiger partial charge in [-0.15, -0.1) is 0 Å². The van der Waals surface area contributed by atoms with Crippen LogP contribution < -0.4 is 10.1 Å². The number of alkyl halides is 1. The number of nitrogens with zero attached hydrogens (tertiary/aromatic N) is 1. The van der Waals surface area contributed by atoms with Crippen molar-refractivity contribution < 1.29 is 13.9 Å². The lowest BCUT2D eigenvalue weighted by Gasteiger charge is -2.19. The monoisotopic (exact) mass is 386 g/mol. The predicted molar refractivity (Wildman–Crippen MR) is 110 cm³/mol. The van der Waals surface area contributed by atoms with Crippen LogP contribution in [0.1, 0.15) is 63.9 Å². The van der Waals surface area contributed by atoms with E-state index in [0.717, 1.165) is 11.3 Å². The quantitative estimate of drug-likeness (QED) is 0.700. The summed E-state index contributed by atoms with van der Waals surface area (Å²) in [7, 11) is 0. The molecule has 0 saturated carbocycles. The second-order valence-corrected chi connectivity index (χ2v) is 8.13. The Morgan fingerprint density at radius 3 is 2.36 bits per heavy atom. The number of rotatable bonds is 8. The second-order valence-electron chi connectivity index (χ2n) is 8.13. The highest BCUT2D eigenvalue weighted by Crippen LogP contribution is 2.22. The molecule has 0 spiro atoms. The van der Waals surface area contributed by atoms with Gasteiger partial charge < -0.3 is 10.1 Å². The Balaban J connectivity index is 1.91. The number of hydrogen-bond acceptors (Lipinski definition) is 3. The Bertz CT molecular complexity index is 748. The molecule has 0 saturated heterocycles. The fraction of sp³-hybridized carbons (Fsp3) is 0.478. The molecule has 28 heavy (non-hydrogen) atoms. The summed E-state index contributed by atoms with van der Waals surface area (Å²) in [6.07, 6.45) is 2.04. The third-order valence-electron chi connectivity index (χ3n) is 4.70. The summed E-state index contributed by atoms with van der Waals surface area (Å²) >= 11 is 0. The van der Waals surface area contributed by atoms with E-state index in [1.807, 2.05) is 26.0 Å². The molecule has 2 aromatic rings. The van der Waals surface area contributed by atoms with E-state index < -0.39 is 12.8 Å². The Hall–Kier alpha value is -2.43. The molecule has 0 aliphatic heterocycles. The summed E-state index contributed by atoms with van der Waals surface area (Å²) in [5.41, 5.74) is 3.05. The highest BCUT2D eigenvalue weighted by molar-refractivity contribution is 5.79. The van der Waals surface area contributed by atoms with Gasteiger partial charge in [0.15, 0.2) is 0 Å². The molecule has 4 nitrogen and oxygen atoms in total. The molecule has 1 N–H and O–H groups in total. The van der Waals surface area contributed by atoms with Crippen molar-refractivity contribution in [2.45, 2.75) is 65.0 Å². The van der Waals surface area contributed by atoms with Gasteiger partial charge in [-0.1, -0.05) is 52.0 Å². The van der Waals surface area contributed by atoms with E-state index in [0.29, 0.717) is 18.6 Å². The van der Waals surface area contributed by atoms with Crippen LogP contribution in [0.25, 0.3) is 0 Å². The lowest BCUT2D eigenvalue weighted by Crippen LogP contribution is -2.28. The van der Waals surface area contributed by atoms with Crippen LogP contribution in [-0.2, 0) is 16.6 Å². The zero-order chi connectivity index (χ0) is 20.7. The van der Waals surface area contributed by atoms with Crippen molar-refractivity contribution in [3.63, 3.8) is 0 Å². The van der Waals surface area contributed by atoms with E-state index in [2.05, 4.69) is 43.2 Å². The molecule has 0 bridgehead atoms. The first-order valence-electron chi connectivity index (χ1n) is 9.80. The lowest BCUT2D eigenvalue weighted by atomic mass is 9.86. The highest BCUT2D eigenvalue weighted by atomic mass is 19.1. The van der Waals surface area contributed by atoms with Crippen molar-refractivity contribution in [2.75, 3.05) is 6.67 Å². The third kappa shape index (κ3) is 6.32. The van der Waals surface area contributed by atoms with Crippen LogP contribution in [0, 0.1) is 0 Å². The molecular formula is C23H31FN2O2. The van der Waals surface area contributed by atoms with E-state index in [9.17, 15) is 9.18 Å². The van der Waals surface area contributed by atoms with Crippen LogP contribution in [-0.4, -0.2) is 23.7 Å². The average Bonchev–Trinajstić information content (AvgIpc) is 2.66. The SMILES string of the molecule is CCC(CF)Oc1ccc(C(C)NC(=O)Cc2ccc(C(C)(C)C)cc2)nc1. The average molecular weight is 387 g/mol. The maximum Gasteiger partial charge on any atom is 0.224 e. The fourth-order valence-electron chi connectivity index (χ4n) is 2.81. The molecule has 2 atom stereocenters. The minimum absolute atomic E-state index is 0.0541. The Morgan fingerprint density at radius 1 is 1.18 bits per heavy atom. The lowest BCUT2D eigenvalue weighted by molar-refractivity contribution is -0.121. The van der Waals surface area contributed by atoms with Crippen LogP contribution >= 0.6 is 0 Å². The van der Waals surface area contributed by atoms with E-state index in [1.165, 1.54) is 5.56 Å². The molecular weight excluding hydrogens is 355 g/mol. The molecule has 0 aliphatic rings. The molecule has 2 rings (SSSR count). The molecule has 0 radical (unpaired) electrons. The summed E-state index contributed by atoms with van der Waals surface area (Å²) in [4.78, 5) is 16.7. The molecule has 0 fully saturated rings. The fourth-order valence-corrected chi connectivity index (χ4v) is 2.81. The van der Waals surface area contributed by atoms with Gasteiger partial charge in [0.25, 0.3) is 0 Å². The van der Waals surface area contributed by atoms with Gasteiger partial charge in [-0.2, -0.15) is 0 Å². The van der Waals surface area contributed by atoms with Crippen LogP contribution in [0.2, 0.25) is 0 Å². The molecule has 0 aliphatic carbocycles. The topological polar surface area (TPSA) is 51.2 Å². The summed E-state index contributed by atoms with van der Waals surface area (Å²) in [5.74, 6) is 0.479. The van der Waals surface area contributed by atoms with E-state index in [4.69, 9.17) is 4.74 Å². The number of amides is 1. The van der Waals surface area contributed by atoms with Gasteiger partial charge in [0.2, 0.25) is 5.91 Å². The van der Waals surface area contributed by atoms with Crippen molar-refractivity contribution in [2.24, 2.45) is 0 Å². The number of pyridine rings is 1. The molecule has 2 unspecified atom stereocenters.